The average molecular weight is 308 g/mol. The Morgan fingerprint density at radius 1 is 1.09 bits per heavy atom. The number of benzene rings is 2. The Kier molecular flexibility index (Phi) is 3.85. The molecule has 23 heavy (non-hydrogen) atoms. The third kappa shape index (κ3) is 2.94. The summed E-state index contributed by atoms with van der Waals surface area (Å²) in [4.78, 5) is 28.2. The van der Waals surface area contributed by atoms with E-state index in [-0.39, 0.29) is 11.5 Å². The van der Waals surface area contributed by atoms with Crippen molar-refractivity contribution in [2.45, 2.75) is 6.54 Å². The van der Waals surface area contributed by atoms with Gasteiger partial charge in [-0.15, -0.1) is 0 Å². The molecule has 116 valence electrons. The van der Waals surface area contributed by atoms with Crippen LogP contribution in [0.1, 0.15) is 26.3 Å². The van der Waals surface area contributed by atoms with Gasteiger partial charge in [0.25, 0.3) is 5.91 Å². The number of carbonyl (C=O) groups is 2. The maximum Gasteiger partial charge on any atom is 0.335 e. The molecule has 0 aliphatic rings. The highest BCUT2D eigenvalue weighted by Crippen LogP contribution is 2.19. The zero-order valence-corrected chi connectivity index (χ0v) is 12.6. The number of carbonyl (C=O) groups excluding carboxylic acids is 1. The quantitative estimate of drug-likeness (QED) is 0.777. The molecule has 3 rings (SSSR count). The fourth-order valence-corrected chi connectivity index (χ4v) is 2.57. The molecule has 1 aromatic heterocycles. The Hall–Kier alpha value is -3.08. The summed E-state index contributed by atoms with van der Waals surface area (Å²) in [6.45, 7) is 0.413. The summed E-state index contributed by atoms with van der Waals surface area (Å²) in [7, 11) is 1.73. The van der Waals surface area contributed by atoms with Crippen LogP contribution in [0.15, 0.2) is 54.7 Å². The lowest BCUT2D eigenvalue weighted by Crippen LogP contribution is -2.26. The average Bonchev–Trinajstić information content (AvgIpc) is 3.03. The molecule has 0 aliphatic carbocycles. The van der Waals surface area contributed by atoms with Crippen molar-refractivity contribution in [1.29, 1.82) is 0 Å². The summed E-state index contributed by atoms with van der Waals surface area (Å²) in [5.74, 6) is -1.04. The molecule has 0 bridgehead atoms. The Morgan fingerprint density at radius 2 is 1.83 bits per heavy atom. The smallest absolute Gasteiger partial charge is 0.335 e. The Labute approximate surface area is 133 Å². The van der Waals surface area contributed by atoms with Crippen LogP contribution in [0.3, 0.4) is 0 Å². The molecule has 0 fully saturated rings. The lowest BCUT2D eigenvalue weighted by atomic mass is 10.1. The first-order chi connectivity index (χ1) is 11.1. The van der Waals surface area contributed by atoms with Crippen molar-refractivity contribution < 1.29 is 14.7 Å². The van der Waals surface area contributed by atoms with E-state index in [0.29, 0.717) is 12.1 Å². The van der Waals surface area contributed by atoms with Crippen LogP contribution >= 0.6 is 0 Å². The molecule has 5 heteroatoms. The molecule has 0 unspecified atom stereocenters. The predicted molar refractivity (Wildman–Crippen MR) is 87.5 cm³/mol. The van der Waals surface area contributed by atoms with Crippen LogP contribution < -0.4 is 0 Å². The molecule has 0 atom stereocenters. The number of aromatic amines is 1. The maximum absolute atomic E-state index is 12.6. The number of rotatable bonds is 4. The van der Waals surface area contributed by atoms with Gasteiger partial charge in [0.2, 0.25) is 0 Å². The standard InChI is InChI=1S/C18H16N2O3/c1-20(11-12-5-7-14(8-6-12)18(22)23)17(21)15-4-2-3-13-9-10-19-16(13)15/h2-10,19H,11H2,1H3,(H,22,23). The van der Waals surface area contributed by atoms with Crippen LogP contribution in [-0.2, 0) is 6.54 Å². The second-order valence-electron chi connectivity index (χ2n) is 5.41. The highest BCUT2D eigenvalue weighted by atomic mass is 16.4. The highest BCUT2D eigenvalue weighted by molar-refractivity contribution is 6.05. The van der Waals surface area contributed by atoms with Gasteiger partial charge in [0.1, 0.15) is 0 Å². The Balaban J connectivity index is 1.80. The number of aromatic nitrogens is 1. The second-order valence-corrected chi connectivity index (χ2v) is 5.41. The minimum atomic E-state index is -0.959. The summed E-state index contributed by atoms with van der Waals surface area (Å²) in [6, 6.07) is 14.1. The monoisotopic (exact) mass is 308 g/mol. The Bertz CT molecular complexity index is 865. The van der Waals surface area contributed by atoms with Crippen LogP contribution in [-0.4, -0.2) is 33.9 Å². The molecule has 0 spiro atoms. The minimum absolute atomic E-state index is 0.0830. The first-order valence-electron chi connectivity index (χ1n) is 7.20. The third-order valence-electron chi connectivity index (χ3n) is 3.78. The molecule has 2 aromatic carbocycles. The third-order valence-corrected chi connectivity index (χ3v) is 3.78. The van der Waals surface area contributed by atoms with Crippen molar-refractivity contribution in [3.63, 3.8) is 0 Å². The summed E-state index contributed by atoms with van der Waals surface area (Å²) < 4.78 is 0. The number of hydrogen-bond donors (Lipinski definition) is 2. The van der Waals surface area contributed by atoms with Crippen molar-refractivity contribution in [1.82, 2.24) is 9.88 Å². The molecule has 1 heterocycles. The van der Waals surface area contributed by atoms with Gasteiger partial charge >= 0.3 is 5.97 Å². The predicted octanol–water partition coefficient (Wildman–Crippen LogP) is 3.14. The van der Waals surface area contributed by atoms with E-state index in [0.717, 1.165) is 16.5 Å². The fourth-order valence-electron chi connectivity index (χ4n) is 2.57. The summed E-state index contributed by atoms with van der Waals surface area (Å²) >= 11 is 0. The minimum Gasteiger partial charge on any atom is -0.478 e. The SMILES string of the molecule is CN(Cc1ccc(C(=O)O)cc1)C(=O)c1cccc2cc[nH]c12. The molecule has 0 radical (unpaired) electrons. The number of carboxylic acid groups (broad SMARTS) is 1. The molecule has 1 amide bonds. The number of nitrogens with one attached hydrogen (secondary N) is 1. The fraction of sp³-hybridized carbons (Fsp3) is 0.111. The van der Waals surface area contributed by atoms with Crippen molar-refractivity contribution in [2.24, 2.45) is 0 Å². The number of carboxylic acids is 1. The van der Waals surface area contributed by atoms with Gasteiger partial charge in [-0.3, -0.25) is 4.79 Å². The van der Waals surface area contributed by atoms with E-state index in [1.807, 2.05) is 24.4 Å². The van der Waals surface area contributed by atoms with Gasteiger partial charge in [0, 0.05) is 25.2 Å². The lowest BCUT2D eigenvalue weighted by Gasteiger charge is -2.18. The van der Waals surface area contributed by atoms with E-state index in [9.17, 15) is 9.59 Å². The topological polar surface area (TPSA) is 73.4 Å². The van der Waals surface area contributed by atoms with Crippen LogP contribution in [0.25, 0.3) is 10.9 Å². The first-order valence-corrected chi connectivity index (χ1v) is 7.20. The normalized spacial score (nSPS) is 10.7. The van der Waals surface area contributed by atoms with E-state index in [2.05, 4.69) is 4.98 Å². The van der Waals surface area contributed by atoms with Gasteiger partial charge in [0.05, 0.1) is 16.6 Å². The Morgan fingerprint density at radius 3 is 2.52 bits per heavy atom. The molecule has 3 aromatic rings. The number of nitrogens with zero attached hydrogens (tertiary/aromatic N) is 1. The number of para-hydroxylation sites is 1. The molecule has 2 N–H and O–H groups in total. The number of fused-ring (bicyclic) bond motifs is 1. The van der Waals surface area contributed by atoms with Gasteiger partial charge in [-0.2, -0.15) is 0 Å². The zero-order valence-electron chi connectivity index (χ0n) is 12.6. The zero-order chi connectivity index (χ0) is 16.4. The van der Waals surface area contributed by atoms with Crippen LogP contribution in [0, 0.1) is 0 Å². The summed E-state index contributed by atoms with van der Waals surface area (Å²) in [5, 5.41) is 9.90. The number of aromatic carboxylic acids is 1. The van der Waals surface area contributed by atoms with E-state index in [1.54, 1.807) is 42.3 Å². The number of H-pyrrole nitrogens is 1. The highest BCUT2D eigenvalue weighted by Gasteiger charge is 2.15. The van der Waals surface area contributed by atoms with Crippen LogP contribution in [0.2, 0.25) is 0 Å². The van der Waals surface area contributed by atoms with Crippen molar-refractivity contribution in [3.8, 4) is 0 Å². The lowest BCUT2D eigenvalue weighted by molar-refractivity contribution is 0.0695. The van der Waals surface area contributed by atoms with Crippen LogP contribution in [0.4, 0.5) is 0 Å². The molecule has 5 nitrogen and oxygen atoms in total. The van der Waals surface area contributed by atoms with Gasteiger partial charge in [-0.05, 0) is 29.8 Å². The van der Waals surface area contributed by atoms with E-state index >= 15 is 0 Å². The molecule has 0 saturated carbocycles. The van der Waals surface area contributed by atoms with E-state index in [1.165, 1.54) is 0 Å². The van der Waals surface area contributed by atoms with Gasteiger partial charge in [-0.1, -0.05) is 24.3 Å². The number of hydrogen-bond acceptors (Lipinski definition) is 2. The van der Waals surface area contributed by atoms with Crippen LogP contribution in [0.5, 0.6) is 0 Å². The van der Waals surface area contributed by atoms with Crippen molar-refractivity contribution in [3.05, 3.63) is 71.4 Å². The molecule has 0 saturated heterocycles. The molecule has 0 aliphatic heterocycles. The largest absolute Gasteiger partial charge is 0.478 e. The first kappa shape index (κ1) is 14.8. The van der Waals surface area contributed by atoms with E-state index < -0.39 is 5.97 Å². The van der Waals surface area contributed by atoms with Gasteiger partial charge in [-0.25, -0.2) is 4.79 Å². The van der Waals surface area contributed by atoms with E-state index in [4.69, 9.17) is 5.11 Å². The summed E-state index contributed by atoms with van der Waals surface area (Å²) in [5.41, 5.74) is 2.56. The molecular weight excluding hydrogens is 292 g/mol. The van der Waals surface area contributed by atoms with Crippen molar-refractivity contribution in [2.75, 3.05) is 7.05 Å². The second kappa shape index (κ2) is 5.96. The maximum atomic E-state index is 12.6. The molecular formula is C18H16N2O3. The summed E-state index contributed by atoms with van der Waals surface area (Å²) in [6.07, 6.45) is 1.81. The van der Waals surface area contributed by atoms with Gasteiger partial charge in [0.15, 0.2) is 0 Å². The number of amides is 1. The van der Waals surface area contributed by atoms with Gasteiger partial charge < -0.3 is 15.0 Å². The van der Waals surface area contributed by atoms with Crippen molar-refractivity contribution >= 4 is 22.8 Å².